The number of aldehydes is 1. The zero-order valence-electron chi connectivity index (χ0n) is 18.8. The molecule has 0 radical (unpaired) electrons. The van der Waals surface area contributed by atoms with E-state index in [0.29, 0.717) is 0 Å². The van der Waals surface area contributed by atoms with Crippen LogP contribution in [0, 0.1) is 0 Å². The van der Waals surface area contributed by atoms with Gasteiger partial charge in [-0.25, -0.2) is 14.1 Å². The third-order valence-electron chi connectivity index (χ3n) is 4.74. The lowest BCUT2D eigenvalue weighted by atomic mass is 10.1. The molecule has 3 rings (SSSR count). The van der Waals surface area contributed by atoms with E-state index in [-0.39, 0.29) is 23.4 Å². The lowest BCUT2D eigenvalue weighted by Gasteiger charge is -2.17. The number of ether oxygens (including phenoxy) is 1. The molecule has 1 unspecified atom stereocenters. The maximum absolute atomic E-state index is 11.8. The van der Waals surface area contributed by atoms with Gasteiger partial charge in [-0.3, -0.25) is 18.9 Å². The molecular weight excluding hydrogens is 568 g/mol. The van der Waals surface area contributed by atoms with Gasteiger partial charge < -0.3 is 60.6 Å². The number of nitrogens with two attached hydrogens (primary N) is 1. The molecule has 0 spiro atoms. The molecule has 0 amide bonds. The van der Waals surface area contributed by atoms with Crippen molar-refractivity contribution in [3.05, 3.63) is 16.7 Å². The predicted molar refractivity (Wildman–Crippen MR) is 119 cm³/mol. The van der Waals surface area contributed by atoms with Gasteiger partial charge in [-0.1, -0.05) is 0 Å². The Kier molecular flexibility index (Phi) is 10.8. The fourth-order valence-electron chi connectivity index (χ4n) is 2.97. The van der Waals surface area contributed by atoms with Crippen molar-refractivity contribution in [1.29, 1.82) is 0 Å². The first-order chi connectivity index (χ1) is 17.5. The van der Waals surface area contributed by atoms with Crippen LogP contribution in [-0.4, -0.2) is 121 Å². The van der Waals surface area contributed by atoms with Gasteiger partial charge in [-0.05, 0) is 0 Å². The van der Waals surface area contributed by atoms with Crippen LogP contribution in [0.3, 0.4) is 0 Å². The molecule has 1 aliphatic heterocycles. The number of hydrogen-bond acceptors (Lipinski definition) is 16. The molecule has 2 aromatic heterocycles. The Bertz CT molecular complexity index is 1250. The number of nitrogens with zero attached hydrogens (tertiary/aromatic N) is 3. The predicted octanol–water partition coefficient (Wildman–Crippen LogP) is -5.19. The number of carbonyl (C=O) groups is 1. The first-order valence-electron chi connectivity index (χ1n) is 10.1. The number of phosphoric ester groups is 1. The normalized spacial score (nSPS) is 25.7. The second-order valence-electron chi connectivity index (χ2n) is 7.53. The largest absolute Gasteiger partial charge is 0.481 e. The van der Waals surface area contributed by atoms with Crippen LogP contribution in [0.2, 0.25) is 0 Å². The van der Waals surface area contributed by atoms with Crippen LogP contribution >= 0.6 is 15.6 Å². The summed E-state index contributed by atoms with van der Waals surface area (Å²) in [6.45, 7) is -1.56. The van der Waals surface area contributed by atoms with E-state index < -0.39 is 77.3 Å². The summed E-state index contributed by atoms with van der Waals surface area (Å²) >= 11 is 0. The number of aliphatic hydroxyl groups is 6. The number of nitrogen functional groups attached to an aromatic ring is 1. The minimum Gasteiger partial charge on any atom is -0.394 e. The minimum atomic E-state index is -5.32. The van der Waals surface area contributed by atoms with Crippen LogP contribution in [0.1, 0.15) is 6.23 Å². The van der Waals surface area contributed by atoms with E-state index in [1.807, 2.05) is 0 Å². The van der Waals surface area contributed by atoms with E-state index in [0.717, 1.165) is 10.9 Å². The van der Waals surface area contributed by atoms with Crippen LogP contribution in [0.5, 0.6) is 0 Å². The summed E-state index contributed by atoms with van der Waals surface area (Å²) in [6, 6.07) is 0. The Hall–Kier alpha value is -2.20. The van der Waals surface area contributed by atoms with Crippen LogP contribution in [0.15, 0.2) is 11.1 Å². The van der Waals surface area contributed by atoms with Crippen molar-refractivity contribution in [3.63, 3.8) is 0 Å². The number of anilines is 1. The monoisotopic (exact) mass is 593 g/mol. The van der Waals surface area contributed by atoms with Gasteiger partial charge >= 0.3 is 15.6 Å². The summed E-state index contributed by atoms with van der Waals surface area (Å²) in [5, 5.41) is 54.3. The highest BCUT2D eigenvalue weighted by atomic mass is 31.3. The minimum absolute atomic E-state index is 0.0586. The van der Waals surface area contributed by atoms with Crippen molar-refractivity contribution in [2.75, 3.05) is 18.9 Å². The summed E-state index contributed by atoms with van der Waals surface area (Å²) in [5.74, 6) is -0.233. The van der Waals surface area contributed by atoms with Gasteiger partial charge in [0.15, 0.2) is 23.7 Å². The molecule has 216 valence electrons. The summed E-state index contributed by atoms with van der Waals surface area (Å²) in [4.78, 5) is 57.9. The third-order valence-corrected chi connectivity index (χ3v) is 6.90. The zero-order valence-corrected chi connectivity index (χ0v) is 20.6. The van der Waals surface area contributed by atoms with Gasteiger partial charge in [0.05, 0.1) is 19.5 Å². The highest BCUT2D eigenvalue weighted by molar-refractivity contribution is 7.60. The zero-order chi connectivity index (χ0) is 29.0. The van der Waals surface area contributed by atoms with Crippen molar-refractivity contribution in [1.82, 2.24) is 19.5 Å². The number of rotatable bonds is 10. The average molecular weight is 593 g/mol. The lowest BCUT2D eigenvalue weighted by Crippen LogP contribution is -2.40. The fourth-order valence-corrected chi connectivity index (χ4v) is 4.57. The van der Waals surface area contributed by atoms with E-state index in [1.54, 1.807) is 0 Å². The third kappa shape index (κ3) is 8.15. The number of aliphatic hydroxyl groups excluding tert-OH is 6. The van der Waals surface area contributed by atoms with E-state index in [9.17, 15) is 33.8 Å². The Morgan fingerprint density at radius 3 is 2.39 bits per heavy atom. The fraction of sp³-hybridized carbons (Fsp3) is 0.600. The average Bonchev–Trinajstić information content (AvgIpc) is 3.36. The van der Waals surface area contributed by atoms with Gasteiger partial charge in [0.1, 0.15) is 36.6 Å². The first-order valence-corrected chi connectivity index (χ1v) is 13.1. The molecule has 38 heavy (non-hydrogen) atoms. The second kappa shape index (κ2) is 12.8. The quantitative estimate of drug-likeness (QED) is 0.0905. The summed E-state index contributed by atoms with van der Waals surface area (Å²) in [6.07, 6.45) is -9.51. The van der Waals surface area contributed by atoms with E-state index in [1.165, 1.54) is 0 Å². The topological polar surface area (TPSA) is 351 Å². The number of carbonyl (C=O) groups excluding carboxylic acids is 1. The maximum Gasteiger partial charge on any atom is 0.481 e. The highest BCUT2D eigenvalue weighted by Crippen LogP contribution is 2.57. The number of aromatic amines is 1. The number of imidazole rings is 1. The molecule has 8 atom stereocenters. The maximum atomic E-state index is 11.8. The van der Waals surface area contributed by atoms with Crippen molar-refractivity contribution in [2.45, 2.75) is 42.9 Å². The van der Waals surface area contributed by atoms with Crippen LogP contribution in [0.4, 0.5) is 5.95 Å². The molecule has 21 nitrogen and oxygen atoms in total. The Labute approximate surface area is 210 Å². The molecule has 3 heterocycles. The molecule has 0 saturated carbocycles. The summed E-state index contributed by atoms with van der Waals surface area (Å²) < 4.78 is 36.6. The van der Waals surface area contributed by atoms with Crippen LogP contribution in [-0.2, 0) is 27.5 Å². The van der Waals surface area contributed by atoms with Gasteiger partial charge in [-0.2, -0.15) is 9.29 Å². The van der Waals surface area contributed by atoms with Crippen molar-refractivity contribution in [2.24, 2.45) is 0 Å². The van der Waals surface area contributed by atoms with E-state index >= 15 is 0 Å². The molecule has 0 bridgehead atoms. The van der Waals surface area contributed by atoms with Gasteiger partial charge in [-0.15, -0.1) is 0 Å². The number of fused-ring (bicyclic) bond motifs is 1. The number of hydrogen-bond donors (Lipinski definition) is 11. The molecule has 23 heteroatoms. The summed E-state index contributed by atoms with van der Waals surface area (Å²) in [5.41, 5.74) is 4.65. The smallest absolute Gasteiger partial charge is 0.394 e. The molecule has 2 aromatic rings. The number of aromatic nitrogens is 4. The molecular formula is C15H25N5O16P2. The van der Waals surface area contributed by atoms with Crippen molar-refractivity contribution >= 4 is 39.0 Å². The van der Waals surface area contributed by atoms with Crippen molar-refractivity contribution < 1.29 is 72.8 Å². The first kappa shape index (κ1) is 32.0. The number of phosphoric acid groups is 2. The van der Waals surface area contributed by atoms with Crippen LogP contribution < -0.4 is 11.3 Å². The Morgan fingerprint density at radius 1 is 1.21 bits per heavy atom. The number of H-pyrrole nitrogens is 1. The van der Waals surface area contributed by atoms with Gasteiger partial charge in [0, 0.05) is 0 Å². The lowest BCUT2D eigenvalue weighted by molar-refractivity contribution is -0.127. The van der Waals surface area contributed by atoms with E-state index in [2.05, 4.69) is 23.8 Å². The SMILES string of the molecule is Nc1nc2c(ncn2[C@@H]2O[C@H](COP(=O)(O)OP(=O)(O)O)[C@@H](O)[C@H]2O)c(=O)[nH]1.O=C[C@@H](O)[C@H](O)[C@H](O)CO. The summed E-state index contributed by atoms with van der Waals surface area (Å²) in [7, 11) is -10.5. The molecule has 1 aliphatic rings. The van der Waals surface area contributed by atoms with Gasteiger partial charge in [0.2, 0.25) is 5.95 Å². The van der Waals surface area contributed by atoms with Gasteiger partial charge in [0.25, 0.3) is 5.56 Å². The molecule has 1 fully saturated rings. The standard InChI is InChI=1S/C10H15N5O11P2.C5H10O5/c11-10-13-7-4(8(18)14-10)12-2-15(7)9-6(17)5(16)3(25-9)1-24-28(22,23)26-27(19,20)21;6-1-3(8)5(10)4(9)2-7/h2-3,5-6,9,16-17H,1H2,(H,22,23)(H2,19,20,21)(H3,11,13,14,18);1,3-5,7-10H,2H2/t3-,5-,6-,9-;3-,4-,5+/m11/s1. The highest BCUT2D eigenvalue weighted by Gasteiger charge is 2.46. The molecule has 0 aliphatic carbocycles. The molecule has 0 aromatic carbocycles. The number of nitrogens with one attached hydrogen (secondary N) is 1. The second-order valence-corrected chi connectivity index (χ2v) is 10.4. The molecule has 1 saturated heterocycles. The Morgan fingerprint density at radius 2 is 1.84 bits per heavy atom. The van der Waals surface area contributed by atoms with Crippen molar-refractivity contribution in [3.8, 4) is 0 Å². The van der Waals surface area contributed by atoms with Crippen LogP contribution in [0.25, 0.3) is 11.2 Å². The molecule has 12 N–H and O–H groups in total. The van der Waals surface area contributed by atoms with E-state index in [4.69, 9.17) is 40.7 Å². The Balaban J connectivity index is 0.000000432.